The predicted molar refractivity (Wildman–Crippen MR) is 76.7 cm³/mol. The number of nitriles is 1. The highest BCUT2D eigenvalue weighted by molar-refractivity contribution is 5.86. The molecule has 1 N–H and O–H groups in total. The van der Waals surface area contributed by atoms with Gasteiger partial charge < -0.3 is 10.2 Å². The Morgan fingerprint density at radius 3 is 2.30 bits per heavy atom. The average Bonchev–Trinajstić information content (AvgIpc) is 2.50. The summed E-state index contributed by atoms with van der Waals surface area (Å²) in [7, 11) is 0. The van der Waals surface area contributed by atoms with Crippen LogP contribution in [0.2, 0.25) is 0 Å². The van der Waals surface area contributed by atoms with Gasteiger partial charge in [-0.25, -0.2) is 0 Å². The van der Waals surface area contributed by atoms with Gasteiger partial charge in [-0.05, 0) is 32.1 Å². The van der Waals surface area contributed by atoms with Crippen molar-refractivity contribution < 1.29 is 9.59 Å². The van der Waals surface area contributed by atoms with E-state index >= 15 is 0 Å². The van der Waals surface area contributed by atoms with Crippen LogP contribution in [0.3, 0.4) is 0 Å². The summed E-state index contributed by atoms with van der Waals surface area (Å²) in [5.41, 5.74) is -0.950. The number of rotatable bonds is 6. The molecule has 20 heavy (non-hydrogen) atoms. The highest BCUT2D eigenvalue weighted by atomic mass is 16.2. The summed E-state index contributed by atoms with van der Waals surface area (Å²) in [6.45, 7) is 5.66. The average molecular weight is 279 g/mol. The van der Waals surface area contributed by atoms with E-state index in [0.717, 1.165) is 25.9 Å². The molecule has 0 aromatic rings. The van der Waals surface area contributed by atoms with Crippen molar-refractivity contribution in [1.29, 1.82) is 5.26 Å². The van der Waals surface area contributed by atoms with Crippen LogP contribution >= 0.6 is 0 Å². The standard InChI is InChI=1S/C15H25N3O2/c1-3-15(4-2,12-16)14(20)17-9-8-13(19)18-10-6-5-7-11-18/h3-11H2,1-2H3,(H,17,20). The van der Waals surface area contributed by atoms with E-state index in [-0.39, 0.29) is 11.8 Å². The Morgan fingerprint density at radius 1 is 1.20 bits per heavy atom. The largest absolute Gasteiger partial charge is 0.354 e. The first-order valence-corrected chi connectivity index (χ1v) is 7.57. The van der Waals surface area contributed by atoms with E-state index in [2.05, 4.69) is 11.4 Å². The van der Waals surface area contributed by atoms with Crippen LogP contribution in [0.25, 0.3) is 0 Å². The molecule has 1 aliphatic heterocycles. The third-order valence-corrected chi connectivity index (χ3v) is 4.19. The van der Waals surface area contributed by atoms with Gasteiger partial charge >= 0.3 is 0 Å². The second-order valence-corrected chi connectivity index (χ2v) is 5.35. The first-order valence-electron chi connectivity index (χ1n) is 7.57. The molecule has 0 spiro atoms. The van der Waals surface area contributed by atoms with Crippen molar-refractivity contribution in [3.8, 4) is 6.07 Å². The third kappa shape index (κ3) is 3.96. The lowest BCUT2D eigenvalue weighted by Crippen LogP contribution is -2.42. The minimum atomic E-state index is -0.950. The van der Waals surface area contributed by atoms with Crippen molar-refractivity contribution in [3.63, 3.8) is 0 Å². The van der Waals surface area contributed by atoms with Crippen molar-refractivity contribution in [1.82, 2.24) is 10.2 Å². The van der Waals surface area contributed by atoms with Gasteiger partial charge in [0.2, 0.25) is 11.8 Å². The Morgan fingerprint density at radius 2 is 1.80 bits per heavy atom. The number of hydrogen-bond acceptors (Lipinski definition) is 3. The number of amides is 2. The molecule has 0 radical (unpaired) electrons. The number of nitrogens with zero attached hydrogens (tertiary/aromatic N) is 2. The summed E-state index contributed by atoms with van der Waals surface area (Å²) in [5, 5.41) is 11.9. The number of piperidine rings is 1. The third-order valence-electron chi connectivity index (χ3n) is 4.19. The Hall–Kier alpha value is -1.57. The van der Waals surface area contributed by atoms with E-state index in [4.69, 9.17) is 0 Å². The molecule has 1 aliphatic rings. The zero-order chi connectivity index (χ0) is 15.0. The maximum absolute atomic E-state index is 12.1. The highest BCUT2D eigenvalue weighted by Crippen LogP contribution is 2.25. The van der Waals surface area contributed by atoms with Gasteiger partial charge in [0.25, 0.3) is 0 Å². The normalized spacial score (nSPS) is 15.6. The minimum absolute atomic E-state index is 0.0977. The van der Waals surface area contributed by atoms with Gasteiger partial charge in [0.1, 0.15) is 5.41 Å². The molecule has 1 heterocycles. The Kier molecular flexibility index (Phi) is 6.50. The van der Waals surface area contributed by atoms with Gasteiger partial charge in [-0.2, -0.15) is 5.26 Å². The van der Waals surface area contributed by atoms with Crippen molar-refractivity contribution in [2.24, 2.45) is 5.41 Å². The SMILES string of the molecule is CCC(C#N)(CC)C(=O)NCCC(=O)N1CCCCC1. The van der Waals surface area contributed by atoms with Crippen molar-refractivity contribution >= 4 is 11.8 Å². The lowest BCUT2D eigenvalue weighted by atomic mass is 9.83. The molecule has 1 saturated heterocycles. The predicted octanol–water partition coefficient (Wildman–Crippen LogP) is 1.84. The molecule has 5 heteroatoms. The number of hydrogen-bond donors (Lipinski definition) is 1. The maximum Gasteiger partial charge on any atom is 0.240 e. The smallest absolute Gasteiger partial charge is 0.240 e. The topological polar surface area (TPSA) is 73.2 Å². The van der Waals surface area contributed by atoms with Crippen LogP contribution in [0.15, 0.2) is 0 Å². The molecule has 1 fully saturated rings. The maximum atomic E-state index is 12.1. The van der Waals surface area contributed by atoms with E-state index in [1.165, 1.54) is 6.42 Å². The first-order chi connectivity index (χ1) is 9.59. The van der Waals surface area contributed by atoms with Crippen molar-refractivity contribution in [2.45, 2.75) is 52.4 Å². The molecule has 0 bridgehead atoms. The number of likely N-dealkylation sites (tertiary alicyclic amines) is 1. The zero-order valence-corrected chi connectivity index (χ0v) is 12.6. The molecule has 0 aromatic heterocycles. The second-order valence-electron chi connectivity index (χ2n) is 5.35. The van der Waals surface area contributed by atoms with Crippen molar-refractivity contribution in [2.75, 3.05) is 19.6 Å². The fourth-order valence-corrected chi connectivity index (χ4v) is 2.53. The summed E-state index contributed by atoms with van der Waals surface area (Å²) in [4.78, 5) is 25.9. The van der Waals surface area contributed by atoms with Gasteiger partial charge in [-0.1, -0.05) is 13.8 Å². The van der Waals surface area contributed by atoms with Gasteiger partial charge in [0.05, 0.1) is 6.07 Å². The summed E-state index contributed by atoms with van der Waals surface area (Å²) in [6.07, 6.45) is 4.64. The molecule has 2 amide bonds. The van der Waals surface area contributed by atoms with Crippen LogP contribution in [-0.2, 0) is 9.59 Å². The quantitative estimate of drug-likeness (QED) is 0.806. The molecule has 5 nitrogen and oxygen atoms in total. The van der Waals surface area contributed by atoms with Gasteiger partial charge in [-0.3, -0.25) is 9.59 Å². The van der Waals surface area contributed by atoms with E-state index in [9.17, 15) is 14.9 Å². The second kappa shape index (κ2) is 7.88. The summed E-state index contributed by atoms with van der Waals surface area (Å²) < 4.78 is 0. The van der Waals surface area contributed by atoms with E-state index < -0.39 is 5.41 Å². The summed E-state index contributed by atoms with van der Waals surface area (Å²) in [6, 6.07) is 2.11. The highest BCUT2D eigenvalue weighted by Gasteiger charge is 2.34. The van der Waals surface area contributed by atoms with Crippen LogP contribution in [0.1, 0.15) is 52.4 Å². The fourth-order valence-electron chi connectivity index (χ4n) is 2.53. The molecule has 112 valence electrons. The molecule has 0 saturated carbocycles. The summed E-state index contributed by atoms with van der Waals surface area (Å²) >= 11 is 0. The van der Waals surface area contributed by atoms with Crippen LogP contribution in [0, 0.1) is 16.7 Å². The first kappa shape index (κ1) is 16.5. The molecule has 1 rings (SSSR count). The molecule has 0 atom stereocenters. The number of carbonyl (C=O) groups excluding carboxylic acids is 2. The monoisotopic (exact) mass is 279 g/mol. The molecular formula is C15H25N3O2. The van der Waals surface area contributed by atoms with Crippen LogP contribution in [0.4, 0.5) is 0 Å². The lowest BCUT2D eigenvalue weighted by molar-refractivity contribution is -0.132. The van der Waals surface area contributed by atoms with Gasteiger partial charge in [0.15, 0.2) is 0 Å². The van der Waals surface area contributed by atoms with Gasteiger partial charge in [-0.15, -0.1) is 0 Å². The van der Waals surface area contributed by atoms with Crippen LogP contribution in [0.5, 0.6) is 0 Å². The van der Waals surface area contributed by atoms with Gasteiger partial charge in [0, 0.05) is 26.1 Å². The minimum Gasteiger partial charge on any atom is -0.354 e. The Labute approximate surface area is 121 Å². The molecule has 0 aromatic carbocycles. The number of nitrogens with one attached hydrogen (secondary N) is 1. The number of carbonyl (C=O) groups is 2. The van der Waals surface area contributed by atoms with E-state index in [1.54, 1.807) is 0 Å². The Balaban J connectivity index is 2.38. The van der Waals surface area contributed by atoms with E-state index in [1.807, 2.05) is 18.7 Å². The fraction of sp³-hybridized carbons (Fsp3) is 0.800. The molecule has 0 aliphatic carbocycles. The summed E-state index contributed by atoms with van der Waals surface area (Å²) in [5.74, 6) is -0.156. The van der Waals surface area contributed by atoms with E-state index in [0.29, 0.717) is 25.8 Å². The van der Waals surface area contributed by atoms with Crippen LogP contribution < -0.4 is 5.32 Å². The Bertz CT molecular complexity index is 377. The van der Waals surface area contributed by atoms with Crippen LogP contribution in [-0.4, -0.2) is 36.3 Å². The van der Waals surface area contributed by atoms with Crippen molar-refractivity contribution in [3.05, 3.63) is 0 Å². The molecule has 0 unspecified atom stereocenters. The zero-order valence-electron chi connectivity index (χ0n) is 12.6. The lowest BCUT2D eigenvalue weighted by Gasteiger charge is -2.27. The molecular weight excluding hydrogens is 254 g/mol.